The van der Waals surface area contributed by atoms with Gasteiger partial charge in [0.15, 0.2) is 5.96 Å². The van der Waals surface area contributed by atoms with Gasteiger partial charge < -0.3 is 15.4 Å². The Hall–Kier alpha value is -0.420. The number of nitrogens with one attached hydrogen (secondary N) is 2. The Kier molecular flexibility index (Phi) is 7.35. The van der Waals surface area contributed by atoms with Crippen molar-refractivity contribution in [2.24, 2.45) is 10.9 Å². The lowest BCUT2D eigenvalue weighted by Gasteiger charge is -2.37. The number of thioether (sulfide) groups is 1. The number of guanidine groups is 1. The summed E-state index contributed by atoms with van der Waals surface area (Å²) in [6.07, 6.45) is 7.52. The first kappa shape index (κ1) is 17.9. The molecule has 2 N–H and O–H groups in total. The Morgan fingerprint density at radius 2 is 2.09 bits per heavy atom. The van der Waals surface area contributed by atoms with Gasteiger partial charge in [-0.15, -0.1) is 0 Å². The van der Waals surface area contributed by atoms with Crippen molar-refractivity contribution in [1.82, 2.24) is 10.6 Å². The minimum atomic E-state index is 0.310. The molecule has 2 fully saturated rings. The van der Waals surface area contributed by atoms with Crippen LogP contribution in [0.2, 0.25) is 0 Å². The molecule has 1 aliphatic carbocycles. The highest BCUT2D eigenvalue weighted by Gasteiger charge is 2.33. The molecule has 0 aromatic rings. The lowest BCUT2D eigenvalue weighted by molar-refractivity contribution is 0.0782. The van der Waals surface area contributed by atoms with E-state index in [-0.39, 0.29) is 0 Å². The first-order valence-corrected chi connectivity index (χ1v) is 9.85. The highest BCUT2D eigenvalue weighted by atomic mass is 32.2. The Labute approximate surface area is 140 Å². The molecule has 5 heteroatoms. The topological polar surface area (TPSA) is 45.7 Å². The average Bonchev–Trinajstić information content (AvgIpc) is 2.53. The van der Waals surface area contributed by atoms with Crippen LogP contribution in [0, 0.1) is 5.92 Å². The molecular formula is C17H33N3OS. The summed E-state index contributed by atoms with van der Waals surface area (Å²) in [6.45, 7) is 7.37. The maximum Gasteiger partial charge on any atom is 0.191 e. The molecule has 0 bridgehead atoms. The Morgan fingerprint density at radius 3 is 2.73 bits per heavy atom. The molecule has 2 atom stereocenters. The van der Waals surface area contributed by atoms with E-state index in [0.717, 1.165) is 50.2 Å². The van der Waals surface area contributed by atoms with Crippen molar-refractivity contribution in [2.45, 2.75) is 63.2 Å². The summed E-state index contributed by atoms with van der Waals surface area (Å²) in [5.74, 6) is 2.97. The van der Waals surface area contributed by atoms with Gasteiger partial charge in [-0.2, -0.15) is 11.8 Å². The van der Waals surface area contributed by atoms with Gasteiger partial charge in [-0.3, -0.25) is 4.99 Å². The summed E-state index contributed by atoms with van der Waals surface area (Å²) in [5.41, 5.74) is 0. The molecule has 0 amide bonds. The van der Waals surface area contributed by atoms with Gasteiger partial charge in [0.2, 0.25) is 0 Å². The lowest BCUT2D eigenvalue weighted by Crippen LogP contribution is -2.50. The van der Waals surface area contributed by atoms with Crippen LogP contribution in [0.3, 0.4) is 0 Å². The molecule has 1 aliphatic heterocycles. The summed E-state index contributed by atoms with van der Waals surface area (Å²) in [7, 11) is 1.88. The standard InChI is InChI=1S/C17H33N3OS/c1-4-22-17(8-10-21-11-9-17)13-19-16(18-3)20-15-7-5-6-14(2)12-15/h14-15H,4-13H2,1-3H3,(H2,18,19,20). The van der Waals surface area contributed by atoms with E-state index in [1.165, 1.54) is 25.7 Å². The fourth-order valence-corrected chi connectivity index (χ4v) is 4.86. The maximum atomic E-state index is 5.55. The van der Waals surface area contributed by atoms with Gasteiger partial charge in [0.25, 0.3) is 0 Å². The Morgan fingerprint density at radius 1 is 1.32 bits per heavy atom. The molecule has 0 aromatic heterocycles. The quantitative estimate of drug-likeness (QED) is 0.602. The second-order valence-electron chi connectivity index (χ2n) is 6.77. The first-order chi connectivity index (χ1) is 10.7. The molecule has 2 unspecified atom stereocenters. The van der Waals surface area contributed by atoms with Crippen LogP contribution in [0.1, 0.15) is 52.4 Å². The van der Waals surface area contributed by atoms with E-state index in [1.807, 2.05) is 7.05 Å². The Bertz CT molecular complexity index is 350. The van der Waals surface area contributed by atoms with Gasteiger partial charge in [-0.25, -0.2) is 0 Å². The molecule has 0 radical (unpaired) electrons. The minimum absolute atomic E-state index is 0.310. The predicted octanol–water partition coefficient (Wildman–Crippen LogP) is 3.03. The zero-order valence-electron chi connectivity index (χ0n) is 14.5. The molecule has 2 rings (SSSR count). The molecular weight excluding hydrogens is 294 g/mol. The van der Waals surface area contributed by atoms with Gasteiger partial charge >= 0.3 is 0 Å². The molecule has 0 aromatic carbocycles. The third-order valence-corrected chi connectivity index (χ3v) is 6.39. The normalized spacial score (nSPS) is 29.1. The number of hydrogen-bond acceptors (Lipinski definition) is 3. The second kappa shape index (κ2) is 9.02. The van der Waals surface area contributed by atoms with Gasteiger partial charge in [-0.1, -0.05) is 26.7 Å². The van der Waals surface area contributed by atoms with E-state index in [0.29, 0.717) is 10.8 Å². The van der Waals surface area contributed by atoms with Crippen molar-refractivity contribution in [3.63, 3.8) is 0 Å². The van der Waals surface area contributed by atoms with Gasteiger partial charge in [0, 0.05) is 37.6 Å². The third kappa shape index (κ3) is 5.34. The summed E-state index contributed by atoms with van der Waals surface area (Å²) in [6, 6.07) is 0.583. The van der Waals surface area contributed by atoms with Crippen molar-refractivity contribution in [2.75, 3.05) is 32.6 Å². The van der Waals surface area contributed by atoms with Crippen LogP contribution in [-0.4, -0.2) is 49.3 Å². The van der Waals surface area contributed by atoms with Crippen molar-refractivity contribution in [1.29, 1.82) is 0 Å². The summed E-state index contributed by atoms with van der Waals surface area (Å²) in [4.78, 5) is 4.44. The van der Waals surface area contributed by atoms with Gasteiger partial charge in [0.1, 0.15) is 0 Å². The molecule has 1 saturated heterocycles. The van der Waals surface area contributed by atoms with Crippen molar-refractivity contribution in [3.8, 4) is 0 Å². The zero-order chi connectivity index (χ0) is 15.8. The molecule has 128 valence electrons. The number of rotatable bonds is 5. The Balaban J connectivity index is 1.83. The van der Waals surface area contributed by atoms with Crippen LogP contribution in [0.5, 0.6) is 0 Å². The van der Waals surface area contributed by atoms with Crippen LogP contribution in [0.25, 0.3) is 0 Å². The fraction of sp³-hybridized carbons (Fsp3) is 0.941. The monoisotopic (exact) mass is 327 g/mol. The van der Waals surface area contributed by atoms with Crippen LogP contribution >= 0.6 is 11.8 Å². The van der Waals surface area contributed by atoms with Crippen LogP contribution < -0.4 is 10.6 Å². The van der Waals surface area contributed by atoms with Gasteiger partial charge in [0.05, 0.1) is 0 Å². The van der Waals surface area contributed by atoms with E-state index in [9.17, 15) is 0 Å². The number of nitrogens with zero attached hydrogens (tertiary/aromatic N) is 1. The van der Waals surface area contributed by atoms with E-state index in [4.69, 9.17) is 4.74 Å². The third-order valence-electron chi connectivity index (χ3n) is 4.93. The zero-order valence-corrected chi connectivity index (χ0v) is 15.3. The van der Waals surface area contributed by atoms with E-state index in [2.05, 4.69) is 41.2 Å². The van der Waals surface area contributed by atoms with E-state index >= 15 is 0 Å². The maximum absolute atomic E-state index is 5.55. The van der Waals surface area contributed by atoms with E-state index in [1.54, 1.807) is 0 Å². The van der Waals surface area contributed by atoms with E-state index < -0.39 is 0 Å². The smallest absolute Gasteiger partial charge is 0.191 e. The second-order valence-corrected chi connectivity index (χ2v) is 8.50. The molecule has 1 heterocycles. The summed E-state index contributed by atoms with van der Waals surface area (Å²) >= 11 is 2.07. The number of ether oxygens (including phenoxy) is 1. The van der Waals surface area contributed by atoms with Crippen molar-refractivity contribution >= 4 is 17.7 Å². The number of aliphatic imine (C=N–C) groups is 1. The highest BCUT2D eigenvalue weighted by molar-refractivity contribution is 8.00. The molecule has 0 spiro atoms. The highest BCUT2D eigenvalue weighted by Crippen LogP contribution is 2.34. The average molecular weight is 328 g/mol. The van der Waals surface area contributed by atoms with Crippen LogP contribution in [0.4, 0.5) is 0 Å². The largest absolute Gasteiger partial charge is 0.381 e. The SMILES string of the molecule is CCSC1(CNC(=NC)NC2CCCC(C)C2)CCOCC1. The predicted molar refractivity (Wildman–Crippen MR) is 96.8 cm³/mol. The lowest BCUT2D eigenvalue weighted by atomic mass is 9.87. The molecule has 22 heavy (non-hydrogen) atoms. The first-order valence-electron chi connectivity index (χ1n) is 8.86. The molecule has 4 nitrogen and oxygen atoms in total. The summed E-state index contributed by atoms with van der Waals surface area (Å²) in [5, 5.41) is 7.22. The van der Waals surface area contributed by atoms with Crippen molar-refractivity contribution in [3.05, 3.63) is 0 Å². The van der Waals surface area contributed by atoms with Gasteiger partial charge in [-0.05, 0) is 37.4 Å². The molecule has 1 saturated carbocycles. The van der Waals surface area contributed by atoms with Crippen molar-refractivity contribution < 1.29 is 4.74 Å². The van der Waals surface area contributed by atoms with Crippen LogP contribution in [0.15, 0.2) is 4.99 Å². The fourth-order valence-electron chi connectivity index (χ4n) is 3.62. The minimum Gasteiger partial charge on any atom is -0.381 e. The van der Waals surface area contributed by atoms with Crippen LogP contribution in [-0.2, 0) is 4.74 Å². The summed E-state index contributed by atoms with van der Waals surface area (Å²) < 4.78 is 5.86. The molecule has 2 aliphatic rings. The number of hydrogen-bond donors (Lipinski definition) is 2.